The lowest BCUT2D eigenvalue weighted by Crippen LogP contribution is -2.47. The van der Waals surface area contributed by atoms with Gasteiger partial charge in [-0.2, -0.15) is 5.26 Å². The van der Waals surface area contributed by atoms with Gasteiger partial charge in [0.15, 0.2) is 0 Å². The number of amides is 3. The molecule has 0 bridgehead atoms. The van der Waals surface area contributed by atoms with Crippen molar-refractivity contribution in [2.45, 2.75) is 82.8 Å². The normalized spacial score (nSPS) is 16.3. The molecule has 2 atom stereocenters. The van der Waals surface area contributed by atoms with Crippen LogP contribution in [0, 0.1) is 11.3 Å². The van der Waals surface area contributed by atoms with E-state index in [1.165, 1.54) is 0 Å². The standard InChI is InChI=1S/C34H41N7O4/c1-6-29-39-40-33(45-29)34(17-20(2)38-19-30(42)41(21(3)18-35)26-11-12-26)27-13-9-24(31(43)36-4)15-22(27)7-8-23-16-25(32(44)37-5)10-14-28(23)34/h9-10,13-16,20-21,26,38H,6-8,11-12,17,19H2,1-5H3,(H,36,43)(H,37,44)/t20-,21?/m1/s1. The highest BCUT2D eigenvalue weighted by atomic mass is 16.4. The molecule has 3 aromatic rings. The minimum atomic E-state index is -0.949. The summed E-state index contributed by atoms with van der Waals surface area (Å²) in [7, 11) is 3.21. The van der Waals surface area contributed by atoms with E-state index < -0.39 is 11.5 Å². The van der Waals surface area contributed by atoms with Gasteiger partial charge in [0, 0.05) is 43.7 Å². The SMILES string of the molecule is CCc1nnc(C2(C[C@@H](C)NCC(=O)N(C(C)C#N)C3CC3)c3ccc(C(=O)NC)cc3CCc3cc(C(=O)NC)ccc32)o1. The van der Waals surface area contributed by atoms with Crippen LogP contribution in [0.3, 0.4) is 0 Å². The Morgan fingerprint density at radius 1 is 1.00 bits per heavy atom. The molecule has 11 heteroatoms. The molecule has 0 spiro atoms. The lowest BCUT2D eigenvalue weighted by Gasteiger charge is -2.36. The maximum Gasteiger partial charge on any atom is 0.251 e. The molecule has 0 saturated heterocycles. The zero-order valence-electron chi connectivity index (χ0n) is 26.6. The number of aryl methyl sites for hydroxylation is 3. The summed E-state index contributed by atoms with van der Waals surface area (Å²) in [4.78, 5) is 40.4. The average Bonchev–Trinajstić information content (AvgIpc) is 3.80. The predicted octanol–water partition coefficient (Wildman–Crippen LogP) is 3.06. The van der Waals surface area contributed by atoms with E-state index in [0.717, 1.165) is 35.1 Å². The topological polar surface area (TPSA) is 153 Å². The fourth-order valence-electron chi connectivity index (χ4n) is 6.56. The molecule has 236 valence electrons. The van der Waals surface area contributed by atoms with E-state index in [0.29, 0.717) is 48.6 Å². The molecule has 0 aliphatic heterocycles. The van der Waals surface area contributed by atoms with Crippen molar-refractivity contribution in [2.24, 2.45) is 0 Å². The number of hydrogen-bond acceptors (Lipinski definition) is 8. The summed E-state index contributed by atoms with van der Waals surface area (Å²) in [5.41, 5.74) is 3.95. The number of nitrogens with one attached hydrogen (secondary N) is 3. The summed E-state index contributed by atoms with van der Waals surface area (Å²) in [6.07, 6.45) is 4.09. The third kappa shape index (κ3) is 6.20. The van der Waals surface area contributed by atoms with Crippen molar-refractivity contribution in [1.29, 1.82) is 5.26 Å². The lowest BCUT2D eigenvalue weighted by molar-refractivity contribution is -0.132. The Labute approximate surface area is 263 Å². The number of carbonyl (C=O) groups is 3. The van der Waals surface area contributed by atoms with Gasteiger partial charge in [-0.05, 0) is 92.5 Å². The highest BCUT2D eigenvalue weighted by Crippen LogP contribution is 2.48. The van der Waals surface area contributed by atoms with E-state index in [4.69, 9.17) is 4.42 Å². The molecule has 5 rings (SSSR count). The van der Waals surface area contributed by atoms with Gasteiger partial charge in [0.05, 0.1) is 12.6 Å². The summed E-state index contributed by atoms with van der Waals surface area (Å²) < 4.78 is 6.37. The van der Waals surface area contributed by atoms with Gasteiger partial charge in [0.1, 0.15) is 11.5 Å². The van der Waals surface area contributed by atoms with Gasteiger partial charge in [0.25, 0.3) is 11.8 Å². The van der Waals surface area contributed by atoms with E-state index in [-0.39, 0.29) is 36.3 Å². The Bertz CT molecular complexity index is 1570. The summed E-state index contributed by atoms with van der Waals surface area (Å²) in [5, 5.41) is 27.3. The number of benzene rings is 2. The van der Waals surface area contributed by atoms with Crippen LogP contribution in [-0.4, -0.2) is 71.6 Å². The maximum atomic E-state index is 13.3. The van der Waals surface area contributed by atoms with Crippen LogP contribution in [0.5, 0.6) is 0 Å². The van der Waals surface area contributed by atoms with Crippen molar-refractivity contribution in [3.05, 3.63) is 81.6 Å². The molecular formula is C34H41N7O4. The van der Waals surface area contributed by atoms with Gasteiger partial charge < -0.3 is 25.3 Å². The third-order valence-corrected chi connectivity index (χ3v) is 8.95. The monoisotopic (exact) mass is 611 g/mol. The van der Waals surface area contributed by atoms with Gasteiger partial charge in [-0.3, -0.25) is 14.4 Å². The van der Waals surface area contributed by atoms with Crippen molar-refractivity contribution in [3.8, 4) is 6.07 Å². The summed E-state index contributed by atoms with van der Waals surface area (Å²) in [6.45, 7) is 5.81. The molecule has 2 aliphatic rings. The van der Waals surface area contributed by atoms with Crippen LogP contribution in [0.2, 0.25) is 0 Å². The first-order valence-electron chi connectivity index (χ1n) is 15.6. The quantitative estimate of drug-likeness (QED) is 0.299. The van der Waals surface area contributed by atoms with Crippen LogP contribution in [-0.2, 0) is 29.5 Å². The molecule has 1 fully saturated rings. The third-order valence-electron chi connectivity index (χ3n) is 8.95. The van der Waals surface area contributed by atoms with Crippen LogP contribution in [0.4, 0.5) is 0 Å². The van der Waals surface area contributed by atoms with E-state index in [2.05, 4.69) is 32.2 Å². The highest BCUT2D eigenvalue weighted by Gasteiger charge is 2.47. The number of hydrogen-bond donors (Lipinski definition) is 3. The summed E-state index contributed by atoms with van der Waals surface area (Å²) >= 11 is 0. The van der Waals surface area contributed by atoms with Crippen molar-refractivity contribution in [1.82, 2.24) is 31.0 Å². The maximum absolute atomic E-state index is 13.3. The lowest BCUT2D eigenvalue weighted by atomic mass is 9.68. The van der Waals surface area contributed by atoms with Crippen molar-refractivity contribution < 1.29 is 18.8 Å². The van der Waals surface area contributed by atoms with Crippen molar-refractivity contribution in [2.75, 3.05) is 20.6 Å². The van der Waals surface area contributed by atoms with Crippen molar-refractivity contribution in [3.63, 3.8) is 0 Å². The molecule has 1 saturated carbocycles. The van der Waals surface area contributed by atoms with Crippen LogP contribution in [0.25, 0.3) is 0 Å². The smallest absolute Gasteiger partial charge is 0.251 e. The van der Waals surface area contributed by atoms with Crippen LogP contribution in [0.15, 0.2) is 40.8 Å². The van der Waals surface area contributed by atoms with Gasteiger partial charge >= 0.3 is 0 Å². The van der Waals surface area contributed by atoms with Gasteiger partial charge in [0.2, 0.25) is 17.7 Å². The molecular weight excluding hydrogens is 570 g/mol. The number of carbonyl (C=O) groups excluding carboxylic acids is 3. The predicted molar refractivity (Wildman–Crippen MR) is 168 cm³/mol. The number of rotatable bonds is 11. The Balaban J connectivity index is 1.62. The zero-order valence-corrected chi connectivity index (χ0v) is 26.6. The van der Waals surface area contributed by atoms with Gasteiger partial charge in [-0.25, -0.2) is 0 Å². The Morgan fingerprint density at radius 3 is 2.04 bits per heavy atom. The average molecular weight is 612 g/mol. The molecule has 1 heterocycles. The van der Waals surface area contributed by atoms with Crippen LogP contribution < -0.4 is 16.0 Å². The highest BCUT2D eigenvalue weighted by molar-refractivity contribution is 5.95. The second-order valence-electron chi connectivity index (χ2n) is 12.0. The fourth-order valence-corrected chi connectivity index (χ4v) is 6.56. The second kappa shape index (κ2) is 13.2. The van der Waals surface area contributed by atoms with E-state index in [1.807, 2.05) is 50.2 Å². The number of aromatic nitrogens is 2. The fraction of sp³-hybridized carbons (Fsp3) is 0.471. The Morgan fingerprint density at radius 2 is 1.58 bits per heavy atom. The Kier molecular flexibility index (Phi) is 9.34. The summed E-state index contributed by atoms with van der Waals surface area (Å²) in [5.74, 6) is 0.450. The van der Waals surface area contributed by atoms with Gasteiger partial charge in [-0.15, -0.1) is 10.2 Å². The first-order chi connectivity index (χ1) is 21.7. The largest absolute Gasteiger partial charge is 0.424 e. The molecule has 0 radical (unpaired) electrons. The Hall–Kier alpha value is -4.56. The first-order valence-corrected chi connectivity index (χ1v) is 15.6. The van der Waals surface area contributed by atoms with E-state index in [1.54, 1.807) is 25.9 Å². The minimum Gasteiger partial charge on any atom is -0.424 e. The number of nitriles is 1. The van der Waals surface area contributed by atoms with Crippen LogP contribution >= 0.6 is 0 Å². The molecule has 1 unspecified atom stereocenters. The van der Waals surface area contributed by atoms with E-state index in [9.17, 15) is 19.6 Å². The van der Waals surface area contributed by atoms with Crippen molar-refractivity contribution >= 4 is 17.7 Å². The second-order valence-corrected chi connectivity index (χ2v) is 12.0. The van der Waals surface area contributed by atoms with Crippen LogP contribution in [0.1, 0.15) is 94.8 Å². The summed E-state index contributed by atoms with van der Waals surface area (Å²) in [6, 6.07) is 13.0. The first kappa shape index (κ1) is 31.9. The molecule has 3 amide bonds. The van der Waals surface area contributed by atoms with Gasteiger partial charge in [-0.1, -0.05) is 19.1 Å². The molecule has 2 aliphatic carbocycles. The number of fused-ring (bicyclic) bond motifs is 2. The number of nitrogens with zero attached hydrogens (tertiary/aromatic N) is 4. The zero-order chi connectivity index (χ0) is 32.3. The molecule has 11 nitrogen and oxygen atoms in total. The minimum absolute atomic E-state index is 0.0781. The molecule has 1 aromatic heterocycles. The molecule has 45 heavy (non-hydrogen) atoms. The molecule has 3 N–H and O–H groups in total. The molecule has 2 aromatic carbocycles. The van der Waals surface area contributed by atoms with E-state index >= 15 is 0 Å².